The lowest BCUT2D eigenvalue weighted by Gasteiger charge is -2.34. The standard InChI is InChI=1S/C31H38FN3O4S/c1-21-12-15-26(16-13-21)40(38,39)35(28-17-14-22(2)18-23(28)3)20-29(36)34(19-25-10-8-9-11-27(25)32)24(4)30(37)33-31(5,6)7/h8-18,24H,19-20H2,1-7H3,(H,33,37)/t24-/m1/s1. The predicted molar refractivity (Wildman–Crippen MR) is 156 cm³/mol. The molecule has 1 N–H and O–H groups in total. The molecule has 0 heterocycles. The second-order valence-electron chi connectivity index (χ2n) is 11.1. The van der Waals surface area contributed by atoms with E-state index < -0.39 is 45.8 Å². The van der Waals surface area contributed by atoms with Gasteiger partial charge in [0.05, 0.1) is 10.6 Å². The molecule has 0 aliphatic carbocycles. The summed E-state index contributed by atoms with van der Waals surface area (Å²) in [5.74, 6) is -1.60. The first kappa shape index (κ1) is 30.8. The van der Waals surface area contributed by atoms with Gasteiger partial charge in [0.25, 0.3) is 10.0 Å². The summed E-state index contributed by atoms with van der Waals surface area (Å²) in [6, 6.07) is 16.7. The van der Waals surface area contributed by atoms with Crippen LogP contribution in [0.4, 0.5) is 10.1 Å². The highest BCUT2D eigenvalue weighted by Gasteiger charge is 2.34. The van der Waals surface area contributed by atoms with Crippen LogP contribution in [0.25, 0.3) is 0 Å². The van der Waals surface area contributed by atoms with Gasteiger partial charge in [-0.25, -0.2) is 12.8 Å². The van der Waals surface area contributed by atoms with Gasteiger partial charge in [-0.3, -0.25) is 13.9 Å². The summed E-state index contributed by atoms with van der Waals surface area (Å²) >= 11 is 0. The summed E-state index contributed by atoms with van der Waals surface area (Å²) in [4.78, 5) is 28.4. The van der Waals surface area contributed by atoms with E-state index in [1.54, 1.807) is 44.2 Å². The van der Waals surface area contributed by atoms with Gasteiger partial charge in [0.15, 0.2) is 0 Å². The Hall–Kier alpha value is -3.72. The molecule has 0 radical (unpaired) electrons. The molecule has 1 atom stereocenters. The van der Waals surface area contributed by atoms with Gasteiger partial charge in [-0.15, -0.1) is 0 Å². The molecule has 0 fully saturated rings. The van der Waals surface area contributed by atoms with Crippen molar-refractivity contribution < 1.29 is 22.4 Å². The number of nitrogens with one attached hydrogen (secondary N) is 1. The molecule has 40 heavy (non-hydrogen) atoms. The molecule has 0 bridgehead atoms. The van der Waals surface area contributed by atoms with Gasteiger partial charge in [0.2, 0.25) is 11.8 Å². The lowest BCUT2D eigenvalue weighted by Crippen LogP contribution is -2.54. The first-order chi connectivity index (χ1) is 18.6. The number of amides is 2. The molecular weight excluding hydrogens is 529 g/mol. The van der Waals surface area contributed by atoms with E-state index in [1.807, 2.05) is 40.7 Å². The summed E-state index contributed by atoms with van der Waals surface area (Å²) in [6.07, 6.45) is 0. The number of halogens is 1. The molecule has 0 unspecified atom stereocenters. The average Bonchev–Trinajstić information content (AvgIpc) is 2.86. The Kier molecular flexibility index (Phi) is 9.40. The molecule has 214 valence electrons. The maximum absolute atomic E-state index is 14.7. The number of hydrogen-bond donors (Lipinski definition) is 1. The normalized spacial score (nSPS) is 12.5. The fourth-order valence-electron chi connectivity index (χ4n) is 4.30. The van der Waals surface area contributed by atoms with Crippen molar-refractivity contribution in [3.05, 3.63) is 94.8 Å². The number of anilines is 1. The molecule has 0 aliphatic heterocycles. The maximum atomic E-state index is 14.7. The van der Waals surface area contributed by atoms with E-state index in [9.17, 15) is 22.4 Å². The summed E-state index contributed by atoms with van der Waals surface area (Å²) in [5, 5.41) is 2.86. The average molecular weight is 568 g/mol. The van der Waals surface area contributed by atoms with Gasteiger partial charge in [0.1, 0.15) is 18.4 Å². The molecular formula is C31H38FN3O4S. The molecule has 0 saturated carbocycles. The molecule has 0 aliphatic rings. The third-order valence-electron chi connectivity index (χ3n) is 6.47. The van der Waals surface area contributed by atoms with Crippen LogP contribution in [0.5, 0.6) is 0 Å². The molecule has 7 nitrogen and oxygen atoms in total. The van der Waals surface area contributed by atoms with Gasteiger partial charge in [0, 0.05) is 17.6 Å². The number of nitrogens with zero attached hydrogens (tertiary/aromatic N) is 2. The Morgan fingerprint density at radius 1 is 0.925 bits per heavy atom. The fourth-order valence-corrected chi connectivity index (χ4v) is 5.78. The fraction of sp³-hybridized carbons (Fsp3) is 0.355. The molecule has 3 rings (SSSR count). The van der Waals surface area contributed by atoms with Gasteiger partial charge < -0.3 is 10.2 Å². The molecule has 0 spiro atoms. The van der Waals surface area contributed by atoms with Crippen LogP contribution >= 0.6 is 0 Å². The van der Waals surface area contributed by atoms with Gasteiger partial charge in [-0.1, -0.05) is 53.6 Å². The molecule has 0 aromatic heterocycles. The van der Waals surface area contributed by atoms with Gasteiger partial charge in [-0.2, -0.15) is 0 Å². The van der Waals surface area contributed by atoms with Crippen molar-refractivity contribution in [2.45, 2.75) is 71.5 Å². The van der Waals surface area contributed by atoms with E-state index >= 15 is 0 Å². The largest absolute Gasteiger partial charge is 0.350 e. The topological polar surface area (TPSA) is 86.8 Å². The summed E-state index contributed by atoms with van der Waals surface area (Å²) in [6.45, 7) is 11.7. The van der Waals surface area contributed by atoms with Crippen molar-refractivity contribution in [3.8, 4) is 0 Å². The highest BCUT2D eigenvalue weighted by atomic mass is 32.2. The molecule has 3 aromatic rings. The predicted octanol–water partition coefficient (Wildman–Crippen LogP) is 5.28. The Labute approximate surface area is 237 Å². The number of aryl methyl sites for hydroxylation is 3. The third kappa shape index (κ3) is 7.47. The first-order valence-corrected chi connectivity index (χ1v) is 14.6. The Morgan fingerprint density at radius 3 is 2.10 bits per heavy atom. The van der Waals surface area contributed by atoms with Gasteiger partial charge >= 0.3 is 0 Å². The van der Waals surface area contributed by atoms with Crippen LogP contribution in [-0.2, 0) is 26.2 Å². The zero-order valence-corrected chi connectivity index (χ0v) is 25.0. The van der Waals surface area contributed by atoms with Crippen LogP contribution in [0.15, 0.2) is 71.6 Å². The smallest absolute Gasteiger partial charge is 0.264 e. The SMILES string of the molecule is Cc1ccc(S(=O)(=O)N(CC(=O)N(Cc2ccccc2F)[C@H](C)C(=O)NC(C)(C)C)c2ccc(C)cc2C)cc1. The molecule has 3 aromatic carbocycles. The minimum atomic E-state index is -4.18. The van der Waals surface area contributed by atoms with Crippen LogP contribution in [0.3, 0.4) is 0 Å². The van der Waals surface area contributed by atoms with Crippen molar-refractivity contribution in [2.24, 2.45) is 0 Å². The Bertz CT molecular complexity index is 1480. The van der Waals surface area contributed by atoms with Crippen molar-refractivity contribution in [3.63, 3.8) is 0 Å². The highest BCUT2D eigenvalue weighted by Crippen LogP contribution is 2.28. The van der Waals surface area contributed by atoms with Gasteiger partial charge in [-0.05, 0) is 78.3 Å². The minimum absolute atomic E-state index is 0.0325. The number of carbonyl (C=O) groups excluding carboxylic acids is 2. The maximum Gasteiger partial charge on any atom is 0.264 e. The number of benzene rings is 3. The second-order valence-corrected chi connectivity index (χ2v) is 13.0. The van der Waals surface area contributed by atoms with E-state index in [2.05, 4.69) is 5.32 Å². The van der Waals surface area contributed by atoms with Crippen LogP contribution in [0, 0.1) is 26.6 Å². The quantitative estimate of drug-likeness (QED) is 0.381. The summed E-state index contributed by atoms with van der Waals surface area (Å²) in [7, 11) is -4.18. The molecule has 0 saturated heterocycles. The van der Waals surface area contributed by atoms with Crippen LogP contribution < -0.4 is 9.62 Å². The Morgan fingerprint density at radius 2 is 1.52 bits per heavy atom. The summed E-state index contributed by atoms with van der Waals surface area (Å²) < 4.78 is 43.7. The first-order valence-electron chi connectivity index (χ1n) is 13.1. The van der Waals surface area contributed by atoms with Crippen molar-refractivity contribution in [2.75, 3.05) is 10.8 Å². The van der Waals surface area contributed by atoms with E-state index in [-0.39, 0.29) is 17.0 Å². The number of sulfonamides is 1. The highest BCUT2D eigenvalue weighted by molar-refractivity contribution is 7.92. The third-order valence-corrected chi connectivity index (χ3v) is 8.25. The van der Waals surface area contributed by atoms with E-state index in [1.165, 1.54) is 35.2 Å². The van der Waals surface area contributed by atoms with E-state index in [4.69, 9.17) is 0 Å². The van der Waals surface area contributed by atoms with Crippen LogP contribution in [0.2, 0.25) is 0 Å². The number of rotatable bonds is 9. The van der Waals surface area contributed by atoms with Crippen LogP contribution in [0.1, 0.15) is 49.9 Å². The van der Waals surface area contributed by atoms with Crippen molar-refractivity contribution in [1.82, 2.24) is 10.2 Å². The van der Waals surface area contributed by atoms with Crippen molar-refractivity contribution >= 4 is 27.5 Å². The zero-order chi connectivity index (χ0) is 29.8. The summed E-state index contributed by atoms with van der Waals surface area (Å²) in [5.41, 5.74) is 2.49. The lowest BCUT2D eigenvalue weighted by molar-refractivity contribution is -0.140. The minimum Gasteiger partial charge on any atom is -0.350 e. The zero-order valence-electron chi connectivity index (χ0n) is 24.2. The van der Waals surface area contributed by atoms with Crippen LogP contribution in [-0.4, -0.2) is 43.3 Å². The molecule has 2 amide bonds. The van der Waals surface area contributed by atoms with E-state index in [0.29, 0.717) is 11.3 Å². The van der Waals surface area contributed by atoms with E-state index in [0.717, 1.165) is 15.4 Å². The monoisotopic (exact) mass is 567 g/mol. The Balaban J connectivity index is 2.08. The lowest BCUT2D eigenvalue weighted by atomic mass is 10.1. The number of hydrogen-bond acceptors (Lipinski definition) is 4. The number of carbonyl (C=O) groups is 2. The van der Waals surface area contributed by atoms with Crippen molar-refractivity contribution in [1.29, 1.82) is 0 Å². The second kappa shape index (κ2) is 12.2. The molecule has 9 heteroatoms.